The van der Waals surface area contributed by atoms with Gasteiger partial charge in [-0.05, 0) is 42.3 Å². The summed E-state index contributed by atoms with van der Waals surface area (Å²) in [6, 6.07) is 12.7. The topological polar surface area (TPSA) is 58.2 Å². The number of aryl methyl sites for hydroxylation is 1. The maximum Gasteiger partial charge on any atom is 0.233 e. The fourth-order valence-electron chi connectivity index (χ4n) is 1.97. The maximum atomic E-state index is 11.9. The molecule has 0 saturated heterocycles. The van der Waals surface area contributed by atoms with Crippen LogP contribution in [0.3, 0.4) is 0 Å². The van der Waals surface area contributed by atoms with Gasteiger partial charge in [0.05, 0.1) is 0 Å². The quantitative estimate of drug-likeness (QED) is 0.750. The predicted molar refractivity (Wildman–Crippen MR) is 95.4 cm³/mol. The second kappa shape index (κ2) is 8.13. The Balaban J connectivity index is 1.84. The Morgan fingerprint density at radius 2 is 1.87 bits per heavy atom. The molecule has 0 atom stereocenters. The van der Waals surface area contributed by atoms with Gasteiger partial charge in [-0.2, -0.15) is 0 Å². The monoisotopic (exact) mass is 394 g/mol. The van der Waals surface area contributed by atoms with Crippen LogP contribution in [0, 0.1) is 6.92 Å². The Morgan fingerprint density at radius 3 is 2.57 bits per heavy atom. The van der Waals surface area contributed by atoms with Gasteiger partial charge >= 0.3 is 0 Å². The summed E-state index contributed by atoms with van der Waals surface area (Å²) in [4.78, 5) is 23.7. The van der Waals surface area contributed by atoms with Crippen LogP contribution in [0.15, 0.2) is 46.9 Å². The summed E-state index contributed by atoms with van der Waals surface area (Å²) in [6.07, 6.45) is -0.237. The van der Waals surface area contributed by atoms with Crippen molar-refractivity contribution >= 4 is 45.0 Å². The molecule has 2 aromatic carbocycles. The molecule has 120 valence electrons. The van der Waals surface area contributed by atoms with Gasteiger partial charge in [0.2, 0.25) is 11.8 Å². The zero-order valence-corrected chi connectivity index (χ0v) is 14.9. The van der Waals surface area contributed by atoms with Gasteiger partial charge in [0.25, 0.3) is 0 Å². The third-order valence-corrected chi connectivity index (χ3v) is 4.46. The molecule has 0 aliphatic carbocycles. The summed E-state index contributed by atoms with van der Waals surface area (Å²) in [7, 11) is 0. The minimum Gasteiger partial charge on any atom is -0.352 e. The minimum absolute atomic E-state index is 0.237. The highest BCUT2D eigenvalue weighted by atomic mass is 79.9. The molecule has 2 rings (SSSR count). The molecule has 2 N–H and O–H groups in total. The second-order valence-electron chi connectivity index (χ2n) is 5.06. The number of amides is 2. The lowest BCUT2D eigenvalue weighted by atomic mass is 10.2. The van der Waals surface area contributed by atoms with Crippen LogP contribution in [0.2, 0.25) is 5.02 Å². The van der Waals surface area contributed by atoms with E-state index in [1.807, 2.05) is 37.3 Å². The molecular formula is C17H16BrClN2O2. The normalized spacial score (nSPS) is 10.2. The van der Waals surface area contributed by atoms with Crippen LogP contribution in [0.4, 0.5) is 5.69 Å². The Kier molecular flexibility index (Phi) is 6.19. The molecule has 0 fully saturated rings. The van der Waals surface area contributed by atoms with E-state index in [9.17, 15) is 9.59 Å². The lowest BCUT2D eigenvalue weighted by Gasteiger charge is -2.08. The first-order chi connectivity index (χ1) is 11.0. The van der Waals surface area contributed by atoms with Gasteiger partial charge in [-0.1, -0.05) is 45.7 Å². The van der Waals surface area contributed by atoms with Crippen LogP contribution in [0.5, 0.6) is 0 Å². The summed E-state index contributed by atoms with van der Waals surface area (Å²) in [5, 5.41) is 5.97. The van der Waals surface area contributed by atoms with E-state index in [0.717, 1.165) is 15.6 Å². The van der Waals surface area contributed by atoms with E-state index in [4.69, 9.17) is 11.6 Å². The summed E-state index contributed by atoms with van der Waals surface area (Å²) < 4.78 is 0.966. The molecule has 0 aromatic heterocycles. The van der Waals surface area contributed by atoms with Crippen molar-refractivity contribution in [2.45, 2.75) is 19.9 Å². The Hall–Kier alpha value is -1.85. The summed E-state index contributed by atoms with van der Waals surface area (Å²) >= 11 is 9.41. The van der Waals surface area contributed by atoms with E-state index in [0.29, 0.717) is 17.3 Å². The van der Waals surface area contributed by atoms with Crippen LogP contribution in [-0.4, -0.2) is 11.8 Å². The van der Waals surface area contributed by atoms with Crippen molar-refractivity contribution in [3.63, 3.8) is 0 Å². The number of halogens is 2. The van der Waals surface area contributed by atoms with Gasteiger partial charge < -0.3 is 10.6 Å². The summed E-state index contributed by atoms with van der Waals surface area (Å²) in [6.45, 7) is 2.22. The van der Waals surface area contributed by atoms with E-state index in [1.54, 1.807) is 12.1 Å². The Labute approximate surface area is 148 Å². The smallest absolute Gasteiger partial charge is 0.233 e. The van der Waals surface area contributed by atoms with E-state index in [-0.39, 0.29) is 18.2 Å². The largest absolute Gasteiger partial charge is 0.352 e. The standard InChI is InChI=1S/C17H16BrClN2O2/c1-11-8-13(6-7-14(11)18)21-17(23)9-16(22)20-10-12-4-2-3-5-15(12)19/h2-8H,9-10H2,1H3,(H,20,22)(H,21,23). The molecule has 0 aliphatic heterocycles. The predicted octanol–water partition coefficient (Wildman–Crippen LogP) is 4.06. The van der Waals surface area contributed by atoms with Gasteiger partial charge in [0.1, 0.15) is 6.42 Å². The van der Waals surface area contributed by atoms with E-state index in [1.165, 1.54) is 0 Å². The van der Waals surface area contributed by atoms with Gasteiger partial charge in [0.15, 0.2) is 0 Å². The molecule has 4 nitrogen and oxygen atoms in total. The van der Waals surface area contributed by atoms with Gasteiger partial charge in [0, 0.05) is 21.7 Å². The van der Waals surface area contributed by atoms with Crippen LogP contribution in [-0.2, 0) is 16.1 Å². The maximum absolute atomic E-state index is 11.9. The molecule has 2 amide bonds. The molecule has 23 heavy (non-hydrogen) atoms. The van der Waals surface area contributed by atoms with Crippen molar-refractivity contribution in [1.29, 1.82) is 0 Å². The first kappa shape index (κ1) is 17.5. The number of carbonyl (C=O) groups excluding carboxylic acids is 2. The van der Waals surface area contributed by atoms with Gasteiger partial charge in [-0.15, -0.1) is 0 Å². The van der Waals surface area contributed by atoms with E-state index in [2.05, 4.69) is 26.6 Å². The molecule has 0 spiro atoms. The fraction of sp³-hybridized carbons (Fsp3) is 0.176. The van der Waals surface area contributed by atoms with Crippen LogP contribution < -0.4 is 10.6 Å². The number of rotatable bonds is 5. The number of hydrogen-bond donors (Lipinski definition) is 2. The Morgan fingerprint density at radius 1 is 1.13 bits per heavy atom. The summed E-state index contributed by atoms with van der Waals surface area (Å²) in [5.41, 5.74) is 2.48. The average Bonchev–Trinajstić information content (AvgIpc) is 2.50. The lowest BCUT2D eigenvalue weighted by Crippen LogP contribution is -2.27. The second-order valence-corrected chi connectivity index (χ2v) is 6.32. The van der Waals surface area contributed by atoms with Crippen molar-refractivity contribution in [3.05, 3.63) is 63.1 Å². The SMILES string of the molecule is Cc1cc(NC(=O)CC(=O)NCc2ccccc2Cl)ccc1Br. The van der Waals surface area contributed by atoms with Crippen molar-refractivity contribution in [1.82, 2.24) is 5.32 Å². The number of hydrogen-bond acceptors (Lipinski definition) is 2. The Bertz CT molecular complexity index is 734. The lowest BCUT2D eigenvalue weighted by molar-refractivity contribution is -0.126. The van der Waals surface area contributed by atoms with E-state index >= 15 is 0 Å². The van der Waals surface area contributed by atoms with Crippen LogP contribution in [0.1, 0.15) is 17.5 Å². The number of nitrogens with one attached hydrogen (secondary N) is 2. The van der Waals surface area contributed by atoms with Crippen LogP contribution >= 0.6 is 27.5 Å². The number of carbonyl (C=O) groups is 2. The molecule has 0 bridgehead atoms. The molecule has 0 heterocycles. The molecule has 0 unspecified atom stereocenters. The van der Waals surface area contributed by atoms with Crippen LogP contribution in [0.25, 0.3) is 0 Å². The van der Waals surface area contributed by atoms with Crippen molar-refractivity contribution < 1.29 is 9.59 Å². The van der Waals surface area contributed by atoms with Crippen molar-refractivity contribution in [2.75, 3.05) is 5.32 Å². The highest BCUT2D eigenvalue weighted by Gasteiger charge is 2.10. The van der Waals surface area contributed by atoms with Gasteiger partial charge in [-0.25, -0.2) is 0 Å². The van der Waals surface area contributed by atoms with Gasteiger partial charge in [-0.3, -0.25) is 9.59 Å². The number of benzene rings is 2. The molecular weight excluding hydrogens is 380 g/mol. The molecule has 2 aromatic rings. The third-order valence-electron chi connectivity index (χ3n) is 3.20. The summed E-state index contributed by atoms with van der Waals surface area (Å²) in [5.74, 6) is -0.709. The molecule has 6 heteroatoms. The molecule has 0 radical (unpaired) electrons. The molecule has 0 saturated carbocycles. The zero-order valence-electron chi connectivity index (χ0n) is 12.5. The average molecular weight is 396 g/mol. The van der Waals surface area contributed by atoms with Crippen molar-refractivity contribution in [3.8, 4) is 0 Å². The zero-order chi connectivity index (χ0) is 16.8. The highest BCUT2D eigenvalue weighted by molar-refractivity contribution is 9.10. The third kappa shape index (κ3) is 5.37. The first-order valence-electron chi connectivity index (χ1n) is 7.02. The van der Waals surface area contributed by atoms with E-state index < -0.39 is 0 Å². The minimum atomic E-state index is -0.358. The first-order valence-corrected chi connectivity index (χ1v) is 8.19. The molecule has 0 aliphatic rings. The number of anilines is 1. The highest BCUT2D eigenvalue weighted by Crippen LogP contribution is 2.20. The fourth-order valence-corrected chi connectivity index (χ4v) is 2.42. The van der Waals surface area contributed by atoms with Crippen molar-refractivity contribution in [2.24, 2.45) is 0 Å².